The molecule has 0 saturated heterocycles. The van der Waals surface area contributed by atoms with Crippen molar-refractivity contribution in [3.63, 3.8) is 0 Å². The highest BCUT2D eigenvalue weighted by Gasteiger charge is 2.40. The average molecular weight is 445 g/mol. The first-order chi connectivity index (χ1) is 15.9. The zero-order chi connectivity index (χ0) is 23.5. The fourth-order valence-corrected chi connectivity index (χ4v) is 3.54. The summed E-state index contributed by atoms with van der Waals surface area (Å²) in [6.45, 7) is 1.39. The van der Waals surface area contributed by atoms with Gasteiger partial charge in [-0.15, -0.1) is 0 Å². The Morgan fingerprint density at radius 1 is 0.909 bits per heavy atom. The van der Waals surface area contributed by atoms with Crippen molar-refractivity contribution in [1.82, 2.24) is 0 Å². The van der Waals surface area contributed by atoms with Gasteiger partial charge < -0.3 is 15.4 Å². The summed E-state index contributed by atoms with van der Waals surface area (Å²) in [4.78, 5) is 39.2. The first kappa shape index (κ1) is 21.8. The Morgan fingerprint density at radius 2 is 1.58 bits per heavy atom. The van der Waals surface area contributed by atoms with Crippen LogP contribution in [-0.2, 0) is 14.4 Å². The molecule has 3 aromatic carbocycles. The summed E-state index contributed by atoms with van der Waals surface area (Å²) < 4.78 is 18.9. The number of ether oxygens (including phenoxy) is 1. The Bertz CT molecular complexity index is 1270. The normalized spacial score (nSPS) is 13.4. The number of para-hydroxylation sites is 2. The molecular formula is C25H20FN3O4. The summed E-state index contributed by atoms with van der Waals surface area (Å²) in [6, 6.07) is 18.7. The number of amides is 3. The third-order valence-electron chi connectivity index (χ3n) is 5.03. The van der Waals surface area contributed by atoms with Gasteiger partial charge >= 0.3 is 0 Å². The molecule has 3 amide bonds. The Balaban J connectivity index is 1.77. The number of halogens is 1. The fourth-order valence-electron chi connectivity index (χ4n) is 3.54. The minimum Gasteiger partial charge on any atom is -0.495 e. The van der Waals surface area contributed by atoms with Gasteiger partial charge in [0.2, 0.25) is 5.91 Å². The van der Waals surface area contributed by atoms with Gasteiger partial charge in [0.15, 0.2) is 0 Å². The van der Waals surface area contributed by atoms with Gasteiger partial charge in [-0.2, -0.15) is 0 Å². The summed E-state index contributed by atoms with van der Waals surface area (Å²) in [5.74, 6) is -1.34. The number of hydrogen-bond donors (Lipinski definition) is 2. The molecule has 0 spiro atoms. The highest BCUT2D eigenvalue weighted by Crippen LogP contribution is 2.36. The Labute approximate surface area is 189 Å². The number of imide groups is 1. The van der Waals surface area contributed by atoms with Crippen LogP contribution in [0.25, 0.3) is 5.57 Å². The first-order valence-corrected chi connectivity index (χ1v) is 10.1. The van der Waals surface area contributed by atoms with Crippen LogP contribution in [0.1, 0.15) is 12.5 Å². The van der Waals surface area contributed by atoms with Gasteiger partial charge in [-0.25, -0.2) is 9.29 Å². The highest BCUT2D eigenvalue weighted by atomic mass is 19.1. The van der Waals surface area contributed by atoms with E-state index in [-0.39, 0.29) is 17.2 Å². The number of nitrogens with one attached hydrogen (secondary N) is 2. The molecule has 0 radical (unpaired) electrons. The molecule has 1 aliphatic rings. The third-order valence-corrected chi connectivity index (χ3v) is 5.03. The lowest BCUT2D eigenvalue weighted by molar-refractivity contribution is -0.120. The fraction of sp³-hybridized carbons (Fsp3) is 0.0800. The van der Waals surface area contributed by atoms with Crippen LogP contribution in [0.3, 0.4) is 0 Å². The van der Waals surface area contributed by atoms with Crippen LogP contribution in [0.4, 0.5) is 21.5 Å². The summed E-state index contributed by atoms with van der Waals surface area (Å²) in [6.07, 6.45) is 0. The average Bonchev–Trinajstić information content (AvgIpc) is 3.04. The van der Waals surface area contributed by atoms with Crippen molar-refractivity contribution in [1.29, 1.82) is 0 Å². The van der Waals surface area contributed by atoms with Crippen LogP contribution in [0.5, 0.6) is 5.75 Å². The van der Waals surface area contributed by atoms with E-state index in [9.17, 15) is 18.8 Å². The maximum absolute atomic E-state index is 13.5. The van der Waals surface area contributed by atoms with Crippen LogP contribution < -0.4 is 20.3 Å². The molecule has 1 aliphatic heterocycles. The molecule has 0 aliphatic carbocycles. The standard InChI is InChI=1S/C25H20FN3O4/c1-15(30)27-18-11-13-19(14-12-18)29-24(31)22(16-7-9-17(26)10-8-16)23(25(29)32)28-20-5-3-4-6-21(20)33-2/h3-14,28H,1-2H3,(H,27,30). The molecule has 0 unspecified atom stereocenters. The molecule has 33 heavy (non-hydrogen) atoms. The quantitative estimate of drug-likeness (QED) is 0.556. The smallest absolute Gasteiger partial charge is 0.282 e. The van der Waals surface area contributed by atoms with Crippen LogP contribution in [0.2, 0.25) is 0 Å². The van der Waals surface area contributed by atoms with Crippen molar-refractivity contribution in [2.75, 3.05) is 22.6 Å². The molecule has 7 nitrogen and oxygen atoms in total. The van der Waals surface area contributed by atoms with E-state index in [1.807, 2.05) is 0 Å². The predicted molar refractivity (Wildman–Crippen MR) is 123 cm³/mol. The number of methoxy groups -OCH3 is 1. The van der Waals surface area contributed by atoms with E-state index in [2.05, 4.69) is 10.6 Å². The molecule has 2 N–H and O–H groups in total. The second-order valence-electron chi connectivity index (χ2n) is 7.26. The molecule has 8 heteroatoms. The zero-order valence-corrected chi connectivity index (χ0v) is 17.9. The van der Waals surface area contributed by atoms with Crippen molar-refractivity contribution in [3.8, 4) is 5.75 Å². The maximum atomic E-state index is 13.5. The van der Waals surface area contributed by atoms with Gasteiger partial charge in [-0.3, -0.25) is 14.4 Å². The maximum Gasteiger partial charge on any atom is 0.282 e. The number of rotatable bonds is 6. The first-order valence-electron chi connectivity index (χ1n) is 10.1. The third kappa shape index (κ3) is 4.31. The zero-order valence-electron chi connectivity index (χ0n) is 17.9. The van der Waals surface area contributed by atoms with Gasteiger partial charge in [-0.05, 0) is 54.1 Å². The number of hydrogen-bond acceptors (Lipinski definition) is 5. The Hall–Kier alpha value is -4.46. The predicted octanol–water partition coefficient (Wildman–Crippen LogP) is 4.19. The van der Waals surface area contributed by atoms with Crippen molar-refractivity contribution >= 4 is 40.4 Å². The van der Waals surface area contributed by atoms with Crippen LogP contribution in [0.15, 0.2) is 78.5 Å². The van der Waals surface area contributed by atoms with Gasteiger partial charge in [0.1, 0.15) is 17.3 Å². The van der Waals surface area contributed by atoms with Crippen molar-refractivity contribution in [2.24, 2.45) is 0 Å². The molecule has 0 aromatic heterocycles. The monoisotopic (exact) mass is 445 g/mol. The minimum absolute atomic E-state index is 0.0436. The molecule has 3 aromatic rings. The number of benzene rings is 3. The van der Waals surface area contributed by atoms with E-state index < -0.39 is 17.6 Å². The van der Waals surface area contributed by atoms with E-state index in [1.54, 1.807) is 48.5 Å². The summed E-state index contributed by atoms with van der Waals surface area (Å²) in [5, 5.41) is 5.67. The SMILES string of the molecule is COc1ccccc1NC1=C(c2ccc(F)cc2)C(=O)N(c2ccc(NC(C)=O)cc2)C1=O. The van der Waals surface area contributed by atoms with Crippen LogP contribution in [0, 0.1) is 5.82 Å². The molecule has 0 bridgehead atoms. The second-order valence-corrected chi connectivity index (χ2v) is 7.26. The molecule has 0 fully saturated rings. The van der Waals surface area contributed by atoms with Crippen LogP contribution >= 0.6 is 0 Å². The number of anilines is 3. The molecular weight excluding hydrogens is 425 g/mol. The van der Waals surface area contributed by atoms with E-state index in [0.717, 1.165) is 4.90 Å². The van der Waals surface area contributed by atoms with Crippen LogP contribution in [-0.4, -0.2) is 24.8 Å². The summed E-state index contributed by atoms with van der Waals surface area (Å²) >= 11 is 0. The van der Waals surface area contributed by atoms with E-state index in [4.69, 9.17) is 4.74 Å². The van der Waals surface area contributed by atoms with Gasteiger partial charge in [-0.1, -0.05) is 24.3 Å². The lowest BCUT2D eigenvalue weighted by Crippen LogP contribution is -2.32. The lowest BCUT2D eigenvalue weighted by atomic mass is 10.0. The Kier molecular flexibility index (Phi) is 5.91. The Morgan fingerprint density at radius 3 is 2.21 bits per heavy atom. The number of carbonyl (C=O) groups is 3. The molecule has 1 heterocycles. The number of nitrogens with zero attached hydrogens (tertiary/aromatic N) is 1. The van der Waals surface area contributed by atoms with E-state index >= 15 is 0 Å². The minimum atomic E-state index is -0.572. The van der Waals surface area contributed by atoms with E-state index in [0.29, 0.717) is 28.4 Å². The second kappa shape index (κ2) is 8.96. The summed E-state index contributed by atoms with van der Waals surface area (Å²) in [5.41, 5.74) is 1.90. The molecule has 166 valence electrons. The topological polar surface area (TPSA) is 87.7 Å². The van der Waals surface area contributed by atoms with Crippen molar-refractivity contribution < 1.29 is 23.5 Å². The van der Waals surface area contributed by atoms with Gasteiger partial charge in [0.25, 0.3) is 11.8 Å². The van der Waals surface area contributed by atoms with E-state index in [1.165, 1.54) is 38.3 Å². The summed E-state index contributed by atoms with van der Waals surface area (Å²) in [7, 11) is 1.50. The molecule has 0 saturated carbocycles. The largest absolute Gasteiger partial charge is 0.495 e. The van der Waals surface area contributed by atoms with Gasteiger partial charge in [0.05, 0.1) is 24.1 Å². The number of carbonyl (C=O) groups excluding carboxylic acids is 3. The molecule has 4 rings (SSSR count). The molecule has 0 atom stereocenters. The lowest BCUT2D eigenvalue weighted by Gasteiger charge is -2.16. The van der Waals surface area contributed by atoms with Crippen molar-refractivity contribution in [3.05, 3.63) is 89.9 Å². The highest BCUT2D eigenvalue weighted by molar-refractivity contribution is 6.46. The van der Waals surface area contributed by atoms with Crippen molar-refractivity contribution in [2.45, 2.75) is 6.92 Å². The van der Waals surface area contributed by atoms with Gasteiger partial charge in [0, 0.05) is 12.6 Å².